The van der Waals surface area contributed by atoms with Gasteiger partial charge < -0.3 is 10.1 Å². The molecule has 4 rings (SSSR count). The Hall–Kier alpha value is -2.50. The lowest BCUT2D eigenvalue weighted by molar-refractivity contribution is 0.0602. The third kappa shape index (κ3) is 5.52. The lowest BCUT2D eigenvalue weighted by atomic mass is 10.1. The largest absolute Gasteiger partial charge is 0.465 e. The van der Waals surface area contributed by atoms with E-state index >= 15 is 0 Å². The lowest BCUT2D eigenvalue weighted by Crippen LogP contribution is -2.50. The van der Waals surface area contributed by atoms with Gasteiger partial charge in [0.1, 0.15) is 12.1 Å². The number of para-hydroxylation sites is 1. The molecular weight excluding hydrogens is 513 g/mol. The number of halogens is 2. The van der Waals surface area contributed by atoms with Crippen molar-refractivity contribution >= 4 is 55.9 Å². The van der Waals surface area contributed by atoms with E-state index in [-0.39, 0.29) is 16.0 Å². The Morgan fingerprint density at radius 2 is 1.86 bits per heavy atom. The maximum atomic E-state index is 13.0. The average Bonchev–Trinajstić information content (AvgIpc) is 2.85. The number of benzene rings is 2. The number of nitrogens with one attached hydrogen (secondary N) is 1. The first-order valence-corrected chi connectivity index (χ1v) is 13.2. The maximum Gasteiger partial charge on any atom is 0.340 e. The number of rotatable bonds is 7. The molecule has 9 nitrogen and oxygen atoms in total. The SMILES string of the molecule is COC(=O)c1cccc2c(NC(C)CN3CCN(S(=O)(=O)c4ccc(Cl)c(Cl)c4)CC3)ncnc12. The molecule has 1 saturated heterocycles. The molecule has 1 aliphatic heterocycles. The molecule has 0 aliphatic carbocycles. The Morgan fingerprint density at radius 3 is 2.54 bits per heavy atom. The van der Waals surface area contributed by atoms with Gasteiger partial charge in [-0.05, 0) is 37.3 Å². The van der Waals surface area contributed by atoms with Crippen LogP contribution in [-0.2, 0) is 14.8 Å². The van der Waals surface area contributed by atoms with Crippen molar-refractivity contribution in [2.75, 3.05) is 45.2 Å². The van der Waals surface area contributed by atoms with E-state index < -0.39 is 16.0 Å². The highest BCUT2D eigenvalue weighted by molar-refractivity contribution is 7.89. The summed E-state index contributed by atoms with van der Waals surface area (Å²) in [5.41, 5.74) is 0.896. The van der Waals surface area contributed by atoms with E-state index in [1.54, 1.807) is 12.1 Å². The molecule has 1 unspecified atom stereocenters. The highest BCUT2D eigenvalue weighted by Crippen LogP contribution is 2.27. The van der Waals surface area contributed by atoms with Crippen LogP contribution >= 0.6 is 23.2 Å². The molecule has 0 bridgehead atoms. The minimum atomic E-state index is -3.65. The summed E-state index contributed by atoms with van der Waals surface area (Å²) < 4.78 is 32.3. The van der Waals surface area contributed by atoms with Crippen LogP contribution in [0.1, 0.15) is 17.3 Å². The van der Waals surface area contributed by atoms with Crippen molar-refractivity contribution in [1.29, 1.82) is 0 Å². The van der Waals surface area contributed by atoms with Gasteiger partial charge >= 0.3 is 5.97 Å². The van der Waals surface area contributed by atoms with Crippen molar-refractivity contribution in [3.63, 3.8) is 0 Å². The molecule has 12 heteroatoms. The fourth-order valence-electron chi connectivity index (χ4n) is 4.08. The first kappa shape index (κ1) is 25.6. The van der Waals surface area contributed by atoms with Crippen LogP contribution in [0.15, 0.2) is 47.6 Å². The maximum absolute atomic E-state index is 13.0. The van der Waals surface area contributed by atoms with Gasteiger partial charge in [0, 0.05) is 44.2 Å². The highest BCUT2D eigenvalue weighted by atomic mass is 35.5. The quantitative estimate of drug-likeness (QED) is 0.456. The number of aromatic nitrogens is 2. The molecule has 35 heavy (non-hydrogen) atoms. The van der Waals surface area contributed by atoms with Gasteiger partial charge in [-0.15, -0.1) is 0 Å². The predicted octanol–water partition coefficient (Wildman–Crippen LogP) is 3.53. The fraction of sp³-hybridized carbons (Fsp3) is 0.348. The zero-order valence-electron chi connectivity index (χ0n) is 19.2. The van der Waals surface area contributed by atoms with Gasteiger partial charge in [0.25, 0.3) is 0 Å². The minimum absolute atomic E-state index is 0.00751. The zero-order valence-corrected chi connectivity index (χ0v) is 21.6. The van der Waals surface area contributed by atoms with Gasteiger partial charge in [-0.1, -0.05) is 29.3 Å². The molecular formula is C23H25Cl2N5O4S. The molecule has 1 aromatic heterocycles. The van der Waals surface area contributed by atoms with E-state index in [2.05, 4.69) is 20.2 Å². The lowest BCUT2D eigenvalue weighted by Gasteiger charge is -2.35. The Balaban J connectivity index is 1.39. The van der Waals surface area contributed by atoms with Crippen LogP contribution in [-0.4, -0.2) is 79.4 Å². The van der Waals surface area contributed by atoms with E-state index in [0.29, 0.717) is 54.6 Å². The Bertz CT molecular complexity index is 1350. The monoisotopic (exact) mass is 537 g/mol. The first-order chi connectivity index (χ1) is 16.7. The van der Waals surface area contributed by atoms with Gasteiger partial charge in [-0.25, -0.2) is 23.2 Å². The summed E-state index contributed by atoms with van der Waals surface area (Å²) in [6.45, 7) is 4.62. The number of sulfonamides is 1. The second-order valence-corrected chi connectivity index (χ2v) is 11.0. The number of nitrogens with zero attached hydrogens (tertiary/aromatic N) is 4. The number of esters is 1. The molecule has 1 atom stereocenters. The molecule has 2 aromatic carbocycles. The van der Waals surface area contributed by atoms with Gasteiger partial charge in [-0.3, -0.25) is 4.90 Å². The summed E-state index contributed by atoms with van der Waals surface area (Å²) in [6, 6.07) is 9.64. The first-order valence-electron chi connectivity index (χ1n) is 11.0. The van der Waals surface area contributed by atoms with Crippen LogP contribution in [0.3, 0.4) is 0 Å². The number of anilines is 1. The zero-order chi connectivity index (χ0) is 25.2. The summed E-state index contributed by atoms with van der Waals surface area (Å²) in [5.74, 6) is 0.163. The molecule has 0 amide bonds. The molecule has 0 radical (unpaired) electrons. The van der Waals surface area contributed by atoms with Gasteiger partial charge in [0.05, 0.1) is 33.1 Å². The fourth-order valence-corrected chi connectivity index (χ4v) is 5.89. The van der Waals surface area contributed by atoms with Gasteiger partial charge in [0.15, 0.2) is 0 Å². The summed E-state index contributed by atoms with van der Waals surface area (Å²) in [7, 11) is -2.31. The molecule has 1 aliphatic rings. The molecule has 186 valence electrons. The van der Waals surface area contributed by atoms with Crippen molar-refractivity contribution in [1.82, 2.24) is 19.2 Å². The van der Waals surface area contributed by atoms with Gasteiger partial charge in [-0.2, -0.15) is 4.31 Å². The average molecular weight is 538 g/mol. The van der Waals surface area contributed by atoms with Crippen LogP contribution in [0.4, 0.5) is 5.82 Å². The summed E-state index contributed by atoms with van der Waals surface area (Å²) in [4.78, 5) is 23.0. The number of fused-ring (bicyclic) bond motifs is 1. The van der Waals surface area contributed by atoms with Crippen molar-refractivity contribution < 1.29 is 17.9 Å². The Kier molecular flexibility index (Phi) is 7.77. The molecule has 1 N–H and O–H groups in total. The number of hydrogen-bond acceptors (Lipinski definition) is 8. The van der Waals surface area contributed by atoms with Crippen LogP contribution in [0, 0.1) is 0 Å². The van der Waals surface area contributed by atoms with E-state index in [9.17, 15) is 13.2 Å². The van der Waals surface area contributed by atoms with Crippen molar-refractivity contribution in [2.45, 2.75) is 17.9 Å². The summed E-state index contributed by atoms with van der Waals surface area (Å²) >= 11 is 11.9. The number of carbonyl (C=O) groups excluding carboxylic acids is 1. The molecule has 1 fully saturated rings. The van der Waals surface area contributed by atoms with Crippen LogP contribution in [0.5, 0.6) is 0 Å². The normalized spacial score (nSPS) is 16.2. The van der Waals surface area contributed by atoms with E-state index in [1.165, 1.54) is 35.9 Å². The number of piperazine rings is 1. The third-order valence-electron chi connectivity index (χ3n) is 5.85. The van der Waals surface area contributed by atoms with Crippen molar-refractivity contribution in [3.05, 3.63) is 58.3 Å². The summed E-state index contributed by atoms with van der Waals surface area (Å²) in [5, 5.41) is 4.64. The number of carbonyl (C=O) groups is 1. The van der Waals surface area contributed by atoms with Crippen LogP contribution in [0.25, 0.3) is 10.9 Å². The highest BCUT2D eigenvalue weighted by Gasteiger charge is 2.29. The van der Waals surface area contributed by atoms with E-state index in [1.807, 2.05) is 13.0 Å². The van der Waals surface area contributed by atoms with Gasteiger partial charge in [0.2, 0.25) is 10.0 Å². The predicted molar refractivity (Wildman–Crippen MR) is 136 cm³/mol. The molecule has 0 spiro atoms. The number of methoxy groups -OCH3 is 1. The topological polar surface area (TPSA) is 105 Å². The smallest absolute Gasteiger partial charge is 0.340 e. The van der Waals surface area contributed by atoms with Crippen molar-refractivity contribution in [3.8, 4) is 0 Å². The Labute approximate surface area is 214 Å². The van der Waals surface area contributed by atoms with E-state index in [4.69, 9.17) is 27.9 Å². The summed E-state index contributed by atoms with van der Waals surface area (Å²) in [6.07, 6.45) is 1.41. The standard InChI is InChI=1S/C23H25Cl2N5O4S/c1-15(28-22-17-4-3-5-18(23(31)34-2)21(17)26-14-27-22)13-29-8-10-30(11-9-29)35(32,33)16-6-7-19(24)20(25)12-16/h3-7,12,14-15H,8-11,13H2,1-2H3,(H,26,27,28). The molecule has 2 heterocycles. The third-order valence-corrected chi connectivity index (χ3v) is 8.48. The number of hydrogen-bond donors (Lipinski definition) is 1. The Morgan fingerprint density at radius 1 is 1.11 bits per heavy atom. The minimum Gasteiger partial charge on any atom is -0.465 e. The van der Waals surface area contributed by atoms with Crippen LogP contribution < -0.4 is 5.32 Å². The molecule has 3 aromatic rings. The second kappa shape index (κ2) is 10.6. The second-order valence-electron chi connectivity index (χ2n) is 8.24. The van der Waals surface area contributed by atoms with Crippen LogP contribution in [0.2, 0.25) is 10.0 Å². The van der Waals surface area contributed by atoms with E-state index in [0.717, 1.165) is 5.39 Å². The number of ether oxygens (including phenoxy) is 1. The molecule has 0 saturated carbocycles. The van der Waals surface area contributed by atoms with Crippen molar-refractivity contribution in [2.24, 2.45) is 0 Å².